The summed E-state index contributed by atoms with van der Waals surface area (Å²) < 4.78 is 5.39. The molecular weight excluding hydrogens is 344 g/mol. The summed E-state index contributed by atoms with van der Waals surface area (Å²) in [6.07, 6.45) is 12.4. The van der Waals surface area contributed by atoms with E-state index in [9.17, 15) is 4.79 Å². The fourth-order valence-electron chi connectivity index (χ4n) is 3.84. The van der Waals surface area contributed by atoms with E-state index in [1.165, 1.54) is 51.4 Å². The molecule has 0 N–H and O–H groups in total. The molecule has 0 aliphatic heterocycles. The molecule has 0 heterocycles. The third kappa shape index (κ3) is 13.0. The number of benzene rings is 1. The average molecular weight is 389 g/mol. The van der Waals surface area contributed by atoms with E-state index in [1.807, 2.05) is 30.3 Å². The van der Waals surface area contributed by atoms with Gasteiger partial charge >= 0.3 is 5.97 Å². The quantitative estimate of drug-likeness (QED) is 0.224. The summed E-state index contributed by atoms with van der Waals surface area (Å²) in [5.41, 5.74) is 0. The number of hydrogen-bond acceptors (Lipinski definition) is 2. The lowest BCUT2D eigenvalue weighted by Gasteiger charge is -2.16. The van der Waals surface area contributed by atoms with Crippen LogP contribution >= 0.6 is 0 Å². The number of rotatable bonds is 15. The highest BCUT2D eigenvalue weighted by Crippen LogP contribution is 2.23. The maximum Gasteiger partial charge on any atom is 0.311 e. The molecule has 0 bridgehead atoms. The minimum Gasteiger partial charge on any atom is -0.427 e. The molecule has 0 aromatic heterocycles. The molecule has 0 saturated carbocycles. The maximum absolute atomic E-state index is 12.0. The van der Waals surface area contributed by atoms with Gasteiger partial charge in [-0.3, -0.25) is 4.79 Å². The zero-order chi connectivity index (χ0) is 20.8. The van der Waals surface area contributed by atoms with Crippen LogP contribution in [-0.4, -0.2) is 5.97 Å². The monoisotopic (exact) mass is 388 g/mol. The van der Waals surface area contributed by atoms with Crippen LogP contribution < -0.4 is 4.74 Å². The smallest absolute Gasteiger partial charge is 0.311 e. The van der Waals surface area contributed by atoms with E-state index in [0.29, 0.717) is 18.1 Å². The van der Waals surface area contributed by atoms with Gasteiger partial charge in [0.1, 0.15) is 5.75 Å². The number of hydrogen-bond donors (Lipinski definition) is 0. The van der Waals surface area contributed by atoms with Crippen molar-refractivity contribution >= 4 is 5.97 Å². The average Bonchev–Trinajstić information content (AvgIpc) is 2.62. The molecule has 3 unspecified atom stereocenters. The first-order valence-electron chi connectivity index (χ1n) is 11.6. The van der Waals surface area contributed by atoms with Gasteiger partial charge in [0.25, 0.3) is 0 Å². The lowest BCUT2D eigenvalue weighted by molar-refractivity contribution is -0.135. The number of carbonyl (C=O) groups excluding carboxylic acids is 1. The van der Waals surface area contributed by atoms with Crippen molar-refractivity contribution in [1.29, 1.82) is 0 Å². The summed E-state index contributed by atoms with van der Waals surface area (Å²) in [6.45, 7) is 11.6. The highest BCUT2D eigenvalue weighted by molar-refractivity contribution is 5.72. The summed E-state index contributed by atoms with van der Waals surface area (Å²) >= 11 is 0. The minimum absolute atomic E-state index is 0.113. The Morgan fingerprint density at radius 1 is 0.714 bits per heavy atom. The Kier molecular flexibility index (Phi) is 12.9. The zero-order valence-electron chi connectivity index (χ0n) is 19.1. The van der Waals surface area contributed by atoms with E-state index < -0.39 is 0 Å². The second kappa shape index (κ2) is 14.7. The van der Waals surface area contributed by atoms with Gasteiger partial charge in [-0.15, -0.1) is 0 Å². The van der Waals surface area contributed by atoms with Gasteiger partial charge in [0, 0.05) is 6.42 Å². The summed E-state index contributed by atoms with van der Waals surface area (Å²) in [4.78, 5) is 12.0. The van der Waals surface area contributed by atoms with Crippen LogP contribution in [0.5, 0.6) is 5.75 Å². The number of esters is 1. The van der Waals surface area contributed by atoms with Crippen LogP contribution in [0, 0.1) is 23.7 Å². The van der Waals surface area contributed by atoms with Crippen LogP contribution in [0.15, 0.2) is 30.3 Å². The van der Waals surface area contributed by atoms with Crippen LogP contribution in [0.1, 0.15) is 98.8 Å². The third-order valence-electron chi connectivity index (χ3n) is 5.76. The molecule has 1 aromatic carbocycles. The lowest BCUT2D eigenvalue weighted by Crippen LogP contribution is -2.12. The summed E-state index contributed by atoms with van der Waals surface area (Å²) in [7, 11) is 0. The van der Waals surface area contributed by atoms with E-state index in [2.05, 4.69) is 34.6 Å². The molecule has 0 radical (unpaired) electrons. The predicted molar refractivity (Wildman–Crippen MR) is 121 cm³/mol. The fourth-order valence-corrected chi connectivity index (χ4v) is 3.84. The van der Waals surface area contributed by atoms with E-state index in [4.69, 9.17) is 4.74 Å². The van der Waals surface area contributed by atoms with Crippen molar-refractivity contribution in [2.75, 3.05) is 0 Å². The third-order valence-corrected chi connectivity index (χ3v) is 5.76. The van der Waals surface area contributed by atoms with Gasteiger partial charge in [-0.2, -0.15) is 0 Å². The van der Waals surface area contributed by atoms with Gasteiger partial charge in [0.2, 0.25) is 0 Å². The van der Waals surface area contributed by atoms with Gasteiger partial charge in [0.05, 0.1) is 0 Å². The van der Waals surface area contributed by atoms with Gasteiger partial charge in [0.15, 0.2) is 0 Å². The second-order valence-electron chi connectivity index (χ2n) is 9.49. The van der Waals surface area contributed by atoms with Crippen molar-refractivity contribution in [2.45, 2.75) is 98.8 Å². The highest BCUT2D eigenvalue weighted by atomic mass is 16.5. The first-order valence-corrected chi connectivity index (χ1v) is 11.6. The molecule has 2 nitrogen and oxygen atoms in total. The predicted octanol–water partition coefficient (Wildman–Crippen LogP) is 8.06. The summed E-state index contributed by atoms with van der Waals surface area (Å²) in [5, 5.41) is 0. The molecule has 0 amide bonds. The first kappa shape index (κ1) is 24.7. The molecule has 0 aliphatic rings. The topological polar surface area (TPSA) is 26.3 Å². The van der Waals surface area contributed by atoms with E-state index in [0.717, 1.165) is 24.2 Å². The fraction of sp³-hybridized carbons (Fsp3) is 0.731. The Bertz CT molecular complexity index is 508. The van der Waals surface area contributed by atoms with Crippen LogP contribution in [-0.2, 0) is 4.79 Å². The second-order valence-corrected chi connectivity index (χ2v) is 9.49. The number of ether oxygens (including phenoxy) is 1. The molecule has 1 rings (SSSR count). The lowest BCUT2D eigenvalue weighted by atomic mass is 9.91. The van der Waals surface area contributed by atoms with E-state index in [1.54, 1.807) is 0 Å². The normalized spacial score (nSPS) is 14.6. The largest absolute Gasteiger partial charge is 0.427 e. The highest BCUT2D eigenvalue weighted by Gasteiger charge is 2.12. The Morgan fingerprint density at radius 2 is 1.18 bits per heavy atom. The van der Waals surface area contributed by atoms with Crippen molar-refractivity contribution in [3.05, 3.63) is 30.3 Å². The summed E-state index contributed by atoms with van der Waals surface area (Å²) in [6, 6.07) is 9.36. The van der Waals surface area contributed by atoms with Crippen molar-refractivity contribution < 1.29 is 9.53 Å². The molecule has 0 fully saturated rings. The van der Waals surface area contributed by atoms with Gasteiger partial charge in [-0.1, -0.05) is 111 Å². The summed E-state index contributed by atoms with van der Waals surface area (Å²) in [5.74, 6) is 3.44. The zero-order valence-corrected chi connectivity index (χ0v) is 19.1. The van der Waals surface area contributed by atoms with Gasteiger partial charge in [-0.05, 0) is 35.8 Å². The molecule has 3 atom stereocenters. The van der Waals surface area contributed by atoms with Crippen LogP contribution in [0.4, 0.5) is 0 Å². The molecule has 0 saturated heterocycles. The Hall–Kier alpha value is -1.31. The number of carbonyl (C=O) groups is 1. The van der Waals surface area contributed by atoms with Crippen LogP contribution in [0.2, 0.25) is 0 Å². The molecule has 2 heteroatoms. The van der Waals surface area contributed by atoms with Crippen molar-refractivity contribution in [3.63, 3.8) is 0 Å². The Morgan fingerprint density at radius 3 is 1.68 bits per heavy atom. The van der Waals surface area contributed by atoms with Crippen LogP contribution in [0.3, 0.4) is 0 Å². The standard InChI is InChI=1S/C26H44O2/c1-21(2)12-9-13-22(3)14-10-15-23(4)16-11-17-24(5)20-26(27)28-25-18-7-6-8-19-25/h6-8,18-19,21-24H,9-17,20H2,1-5H3. The van der Waals surface area contributed by atoms with Crippen molar-refractivity contribution in [2.24, 2.45) is 23.7 Å². The molecule has 28 heavy (non-hydrogen) atoms. The Balaban J connectivity index is 2.05. The Labute approximate surface area is 174 Å². The minimum atomic E-state index is -0.113. The van der Waals surface area contributed by atoms with E-state index >= 15 is 0 Å². The maximum atomic E-state index is 12.0. The molecule has 1 aromatic rings. The van der Waals surface area contributed by atoms with Gasteiger partial charge < -0.3 is 4.74 Å². The molecular formula is C26H44O2. The number of para-hydroxylation sites is 1. The van der Waals surface area contributed by atoms with E-state index in [-0.39, 0.29) is 5.97 Å². The van der Waals surface area contributed by atoms with Crippen LogP contribution in [0.25, 0.3) is 0 Å². The van der Waals surface area contributed by atoms with Gasteiger partial charge in [-0.25, -0.2) is 0 Å². The SMILES string of the molecule is CC(C)CCCC(C)CCCC(C)CCCC(C)CC(=O)Oc1ccccc1. The molecule has 160 valence electrons. The van der Waals surface area contributed by atoms with Crippen molar-refractivity contribution in [3.8, 4) is 5.75 Å². The molecule has 0 spiro atoms. The first-order chi connectivity index (χ1) is 13.4. The van der Waals surface area contributed by atoms with Crippen molar-refractivity contribution in [1.82, 2.24) is 0 Å². The molecule has 0 aliphatic carbocycles.